The number of aromatic nitrogens is 1. The van der Waals surface area contributed by atoms with E-state index in [1.54, 1.807) is 6.07 Å². The van der Waals surface area contributed by atoms with Crippen molar-refractivity contribution in [3.05, 3.63) is 55.0 Å². The molecule has 1 amide bonds. The van der Waals surface area contributed by atoms with Crippen molar-refractivity contribution in [3.63, 3.8) is 0 Å². The summed E-state index contributed by atoms with van der Waals surface area (Å²) >= 11 is 1.94. The van der Waals surface area contributed by atoms with Gasteiger partial charge >= 0.3 is 0 Å². The summed E-state index contributed by atoms with van der Waals surface area (Å²) in [6, 6.07) is 4.28. The predicted molar refractivity (Wildman–Crippen MR) is 89.9 cm³/mol. The number of nitrogens with one attached hydrogen (secondary N) is 1. The Morgan fingerprint density at radius 2 is 2.09 bits per heavy atom. The molecule has 3 N–H and O–H groups in total. The summed E-state index contributed by atoms with van der Waals surface area (Å²) in [5.41, 5.74) is 4.42. The lowest BCUT2D eigenvalue weighted by molar-refractivity contribution is 0.0999. The molecule has 2 heterocycles. The molecule has 0 bridgehead atoms. The van der Waals surface area contributed by atoms with E-state index >= 15 is 0 Å². The van der Waals surface area contributed by atoms with Crippen LogP contribution in [0, 0.1) is 15.2 Å². The van der Waals surface area contributed by atoms with E-state index in [-0.39, 0.29) is 16.9 Å². The zero-order valence-electron chi connectivity index (χ0n) is 11.8. The topological polar surface area (TPSA) is 77.1 Å². The number of hydrogen-bond acceptors (Lipinski definition) is 3. The number of benzene rings is 1. The highest BCUT2D eigenvalue weighted by molar-refractivity contribution is 14.1. The van der Waals surface area contributed by atoms with Crippen molar-refractivity contribution in [1.82, 2.24) is 4.57 Å². The number of pyridine rings is 1. The number of halogens is 3. The Labute approximate surface area is 143 Å². The van der Waals surface area contributed by atoms with Crippen LogP contribution in [0.2, 0.25) is 0 Å². The molecule has 0 saturated carbocycles. The van der Waals surface area contributed by atoms with Gasteiger partial charge in [-0.05, 0) is 53.6 Å². The summed E-state index contributed by atoms with van der Waals surface area (Å²) in [4.78, 5) is 23.9. The second-order valence-electron chi connectivity index (χ2n) is 5.18. The Kier molecular flexibility index (Phi) is 4.09. The summed E-state index contributed by atoms with van der Waals surface area (Å²) in [5.74, 6) is -2.61. The van der Waals surface area contributed by atoms with Crippen LogP contribution in [0.1, 0.15) is 22.5 Å². The van der Waals surface area contributed by atoms with Crippen molar-refractivity contribution < 1.29 is 13.6 Å². The maximum Gasteiger partial charge on any atom is 0.289 e. The molecule has 1 aromatic carbocycles. The summed E-state index contributed by atoms with van der Waals surface area (Å²) < 4.78 is 30.3. The number of anilines is 2. The molecule has 120 valence electrons. The average Bonchev–Trinajstić information content (AvgIpc) is 2.96. The van der Waals surface area contributed by atoms with Gasteiger partial charge in [-0.1, -0.05) is 0 Å². The van der Waals surface area contributed by atoms with Gasteiger partial charge in [0, 0.05) is 15.8 Å². The molecule has 1 aliphatic heterocycles. The maximum absolute atomic E-state index is 14.4. The molecule has 1 aliphatic rings. The van der Waals surface area contributed by atoms with Crippen molar-refractivity contribution in [1.29, 1.82) is 0 Å². The van der Waals surface area contributed by atoms with E-state index in [1.807, 2.05) is 22.6 Å². The normalized spacial score (nSPS) is 13.0. The predicted octanol–water partition coefficient (Wildman–Crippen LogP) is 2.52. The van der Waals surface area contributed by atoms with Gasteiger partial charge in [-0.15, -0.1) is 0 Å². The average molecular weight is 431 g/mol. The first-order valence-corrected chi connectivity index (χ1v) is 7.95. The number of carbonyl (C=O) groups excluding carboxylic acids is 1. The molecule has 1 aromatic heterocycles. The van der Waals surface area contributed by atoms with Crippen molar-refractivity contribution in [2.75, 3.05) is 5.32 Å². The summed E-state index contributed by atoms with van der Waals surface area (Å²) in [6.07, 6.45) is 1.06. The summed E-state index contributed by atoms with van der Waals surface area (Å²) in [6.45, 7) is 0.337. The molecule has 0 spiro atoms. The zero-order valence-corrected chi connectivity index (χ0v) is 14.0. The third-order valence-electron chi connectivity index (χ3n) is 3.75. The fourth-order valence-electron chi connectivity index (χ4n) is 2.75. The lowest BCUT2D eigenvalue weighted by atomic mass is 10.1. The molecule has 3 rings (SSSR count). The highest BCUT2D eigenvalue weighted by Crippen LogP contribution is 2.29. The van der Waals surface area contributed by atoms with Crippen LogP contribution >= 0.6 is 22.6 Å². The number of nitrogens with zero attached hydrogens (tertiary/aromatic N) is 1. The number of carbonyl (C=O) groups is 1. The van der Waals surface area contributed by atoms with Crippen LogP contribution in [-0.2, 0) is 13.0 Å². The van der Waals surface area contributed by atoms with Gasteiger partial charge < -0.3 is 15.6 Å². The number of primary amides is 1. The first-order chi connectivity index (χ1) is 10.9. The number of nitrogens with two attached hydrogens (primary N) is 1. The number of rotatable bonds is 3. The molecular formula is C15H12F2IN3O2. The van der Waals surface area contributed by atoms with E-state index in [1.165, 1.54) is 16.7 Å². The van der Waals surface area contributed by atoms with E-state index in [9.17, 15) is 18.4 Å². The Morgan fingerprint density at radius 3 is 2.74 bits per heavy atom. The first kappa shape index (κ1) is 15.9. The highest BCUT2D eigenvalue weighted by atomic mass is 127. The molecule has 0 fully saturated rings. The summed E-state index contributed by atoms with van der Waals surface area (Å²) in [5, 5.41) is 2.52. The molecule has 0 radical (unpaired) electrons. The minimum absolute atomic E-state index is 0.0332. The zero-order chi connectivity index (χ0) is 16.7. The standard InChI is InChI=1S/C15H12F2IN3O2/c16-8-6-7(18)3-4-9(8)20-13-11(14(19)22)10-2-1-5-21(10)15(23)12(13)17/h3-4,6,20H,1-2,5H2,(H2,19,22). The fraction of sp³-hybridized carbons (Fsp3) is 0.200. The van der Waals surface area contributed by atoms with Gasteiger partial charge in [0.2, 0.25) is 5.82 Å². The van der Waals surface area contributed by atoms with Gasteiger partial charge in [-0.2, -0.15) is 4.39 Å². The van der Waals surface area contributed by atoms with Crippen LogP contribution in [-0.4, -0.2) is 10.5 Å². The van der Waals surface area contributed by atoms with E-state index in [0.717, 1.165) is 0 Å². The van der Waals surface area contributed by atoms with Crippen molar-refractivity contribution in [3.8, 4) is 0 Å². The van der Waals surface area contributed by atoms with Crippen molar-refractivity contribution in [2.24, 2.45) is 5.73 Å². The lowest BCUT2D eigenvalue weighted by Crippen LogP contribution is -2.29. The Bertz CT molecular complexity index is 880. The Balaban J connectivity index is 2.21. The minimum atomic E-state index is -1.14. The Morgan fingerprint density at radius 1 is 1.35 bits per heavy atom. The van der Waals surface area contributed by atoms with Gasteiger partial charge in [0.1, 0.15) is 5.82 Å². The van der Waals surface area contributed by atoms with Crippen LogP contribution in [0.5, 0.6) is 0 Å². The lowest BCUT2D eigenvalue weighted by Gasteiger charge is -2.16. The van der Waals surface area contributed by atoms with Gasteiger partial charge in [-0.3, -0.25) is 9.59 Å². The van der Waals surface area contributed by atoms with Gasteiger partial charge in [-0.25, -0.2) is 4.39 Å². The molecule has 0 aliphatic carbocycles. The number of amides is 1. The van der Waals surface area contributed by atoms with Gasteiger partial charge in [0.25, 0.3) is 11.5 Å². The number of fused-ring (bicyclic) bond motifs is 1. The monoisotopic (exact) mass is 431 g/mol. The molecule has 0 unspecified atom stereocenters. The van der Waals surface area contributed by atoms with Crippen molar-refractivity contribution in [2.45, 2.75) is 19.4 Å². The first-order valence-electron chi connectivity index (χ1n) is 6.87. The molecule has 0 atom stereocenters. The van der Waals surface area contributed by atoms with Crippen LogP contribution in [0.25, 0.3) is 0 Å². The van der Waals surface area contributed by atoms with Gasteiger partial charge in [0.15, 0.2) is 0 Å². The summed E-state index contributed by atoms with van der Waals surface area (Å²) in [7, 11) is 0. The molecular weight excluding hydrogens is 419 g/mol. The maximum atomic E-state index is 14.4. The third kappa shape index (κ3) is 2.71. The van der Waals surface area contributed by atoms with Crippen LogP contribution < -0.4 is 16.6 Å². The molecule has 0 saturated heterocycles. The molecule has 5 nitrogen and oxygen atoms in total. The quantitative estimate of drug-likeness (QED) is 0.734. The van der Waals surface area contributed by atoms with Crippen LogP contribution in [0.4, 0.5) is 20.2 Å². The van der Waals surface area contributed by atoms with Gasteiger partial charge in [0.05, 0.1) is 16.9 Å². The smallest absolute Gasteiger partial charge is 0.289 e. The Hall–Kier alpha value is -1.97. The molecule has 2 aromatic rings. The number of hydrogen-bond donors (Lipinski definition) is 2. The van der Waals surface area contributed by atoms with E-state index in [2.05, 4.69) is 5.32 Å². The van der Waals surface area contributed by atoms with Crippen LogP contribution in [0.15, 0.2) is 23.0 Å². The second-order valence-corrected chi connectivity index (χ2v) is 6.43. The highest BCUT2D eigenvalue weighted by Gasteiger charge is 2.28. The van der Waals surface area contributed by atoms with Crippen molar-refractivity contribution >= 4 is 39.9 Å². The fourth-order valence-corrected chi connectivity index (χ4v) is 3.20. The van der Waals surface area contributed by atoms with Crippen LogP contribution in [0.3, 0.4) is 0 Å². The second kappa shape index (κ2) is 5.91. The third-order valence-corrected chi connectivity index (χ3v) is 4.42. The minimum Gasteiger partial charge on any atom is -0.365 e. The van der Waals surface area contributed by atoms with E-state index in [0.29, 0.717) is 28.7 Å². The van der Waals surface area contributed by atoms with E-state index < -0.39 is 23.1 Å². The SMILES string of the molecule is NC(=O)c1c(Nc2ccc(I)cc2F)c(F)c(=O)n2c1CCC2. The largest absolute Gasteiger partial charge is 0.365 e. The van der Waals surface area contributed by atoms with E-state index in [4.69, 9.17) is 5.73 Å². The molecule has 8 heteroatoms. The molecule has 23 heavy (non-hydrogen) atoms.